The van der Waals surface area contributed by atoms with E-state index in [0.717, 1.165) is 72.5 Å². The number of likely N-dealkylation sites (N-methyl/N-ethyl adjacent to an activating group) is 8. The van der Waals surface area contributed by atoms with Crippen molar-refractivity contribution in [3.8, 4) is 0 Å². The van der Waals surface area contributed by atoms with Crippen molar-refractivity contribution in [2.75, 3.05) is 95.1 Å². The summed E-state index contributed by atoms with van der Waals surface area (Å²) < 4.78 is 41.9. The first-order chi connectivity index (χ1) is 47.1. The number of piperidine rings is 1. The highest BCUT2D eigenvalue weighted by Crippen LogP contribution is 2.44. The van der Waals surface area contributed by atoms with Gasteiger partial charge in [-0.3, -0.25) is 57.5 Å². The van der Waals surface area contributed by atoms with Crippen LogP contribution in [-0.2, 0) is 57.5 Å². The maximum atomic E-state index is 15.8. The van der Waals surface area contributed by atoms with Crippen LogP contribution in [0, 0.1) is 35.5 Å². The van der Waals surface area contributed by atoms with Crippen molar-refractivity contribution in [2.24, 2.45) is 35.5 Å². The van der Waals surface area contributed by atoms with Crippen LogP contribution in [0.4, 0.5) is 13.2 Å². The topological polar surface area (TPSA) is 270 Å². The largest absolute Gasteiger partial charge is 0.393 e. The van der Waals surface area contributed by atoms with Gasteiger partial charge in [0.2, 0.25) is 70.9 Å². The van der Waals surface area contributed by atoms with E-state index >= 15 is 24.0 Å². The quantitative estimate of drug-likeness (QED) is 0.181. The van der Waals surface area contributed by atoms with E-state index in [-0.39, 0.29) is 82.1 Å². The van der Waals surface area contributed by atoms with Crippen LogP contribution in [0.3, 0.4) is 0 Å². The lowest BCUT2D eigenvalue weighted by Gasteiger charge is -2.43. The summed E-state index contributed by atoms with van der Waals surface area (Å²) in [6, 6.07) is -7.41. The van der Waals surface area contributed by atoms with Gasteiger partial charge in [0.15, 0.2) is 0 Å². The van der Waals surface area contributed by atoms with Crippen molar-refractivity contribution in [1.29, 1.82) is 0 Å². The summed E-state index contributed by atoms with van der Waals surface area (Å²) in [7, 11) is 10.1. The van der Waals surface area contributed by atoms with Gasteiger partial charge in [0.1, 0.15) is 41.8 Å². The fourth-order valence-corrected chi connectivity index (χ4v) is 16.6. The molecule has 12 amide bonds. The van der Waals surface area contributed by atoms with E-state index in [1.165, 1.54) is 73.8 Å². The predicted octanol–water partition coefficient (Wildman–Crippen LogP) is 6.34. The third-order valence-electron chi connectivity index (χ3n) is 22.7. The van der Waals surface area contributed by atoms with Gasteiger partial charge in [-0.1, -0.05) is 98.3 Å². The Hall–Kier alpha value is -6.28. The molecule has 2 saturated heterocycles. The van der Waals surface area contributed by atoms with E-state index in [1.54, 1.807) is 18.7 Å². The number of hydrogen-bond donors (Lipinski definition) is 3. The van der Waals surface area contributed by atoms with E-state index in [0.29, 0.717) is 58.0 Å². The second kappa shape index (κ2) is 37.8. The van der Waals surface area contributed by atoms with Crippen LogP contribution in [-0.4, -0.2) is 263 Å². The van der Waals surface area contributed by atoms with Gasteiger partial charge in [-0.2, -0.15) is 13.2 Å². The number of nitrogens with one attached hydrogen (secondary N) is 3. The average molecular weight is 1440 g/mol. The maximum absolute atomic E-state index is 15.8. The number of carbonyl (C=O) groups excluding carboxylic acids is 12. The first-order valence-electron chi connectivity index (χ1n) is 37.1. The maximum Gasteiger partial charge on any atom is 0.393 e. The first kappa shape index (κ1) is 82.7. The standard InChI is InChI=1S/C72H118ClF3N12O12/c1-13-47(5)62-68(98)82(8)44-60(92)80(6)45-61(93)84(10)55(40-48-26-18-15-19-27-48)66(96)81(7)42-57(89)77-53(33-31-49-30-32-51(52(73)39-49)72(74,75)76)65(95)87(14-2)43-58(90)79-71(34-22-23-35-71)70(100)86(12)63(50-28-20-16-21-29-50)69(99)85(11)56(67(97)88-36-24-17-25-37-88)41-59(91)83(9)54(38-46(3)4)64(94)78-62/h46-56,62-63H,13-45H2,1-12H3,(H,77,89)(H,78,94)(H,79,90)/t47-,49?,51?,52?,53-,54-,55-,56-,62-,63-/m0/s1. The van der Waals surface area contributed by atoms with Gasteiger partial charge in [-0.05, 0) is 126 Å². The van der Waals surface area contributed by atoms with E-state index in [4.69, 9.17) is 11.6 Å². The monoisotopic (exact) mass is 1430 g/mol. The van der Waals surface area contributed by atoms with Crippen molar-refractivity contribution in [3.05, 3.63) is 0 Å². The minimum atomic E-state index is -4.51. The highest BCUT2D eigenvalue weighted by molar-refractivity contribution is 6.20. The normalized spacial score (nSPS) is 28.8. The summed E-state index contributed by atoms with van der Waals surface area (Å²) in [6.45, 7) is 7.45. The van der Waals surface area contributed by atoms with Crippen LogP contribution in [0.2, 0.25) is 0 Å². The molecule has 6 fully saturated rings. The SMILES string of the molecule is CC[C@H](C)[C@@H]1NC(=O)[C@H](CC(C)C)N(C)C(=O)C[C@@H](C(=O)N2CCCCC2)N(C)C(=O)[C@H](C2CCCCC2)N(C)C(=O)C2(CCCC2)NC(=O)CN(CC)C(=O)[C@H](CCC2CCC(C(F)(F)F)C(Cl)C2)NC(=O)CN(C)C(=O)[C@H](CC2CCCCC2)N(C)C(=O)CN(C)C(=O)CN(C)C1=O. The number of likely N-dealkylation sites (tertiary alicyclic amines) is 1. The van der Waals surface area contributed by atoms with Gasteiger partial charge < -0.3 is 60.0 Å². The zero-order chi connectivity index (χ0) is 74.1. The van der Waals surface area contributed by atoms with Gasteiger partial charge in [-0.15, -0.1) is 11.6 Å². The van der Waals surface area contributed by atoms with Gasteiger partial charge in [-0.25, -0.2) is 0 Å². The van der Waals surface area contributed by atoms with Crippen molar-refractivity contribution in [2.45, 2.75) is 255 Å². The number of hydrogen-bond acceptors (Lipinski definition) is 12. The molecule has 0 aromatic carbocycles. The van der Waals surface area contributed by atoms with Gasteiger partial charge in [0.05, 0.1) is 38.5 Å². The summed E-state index contributed by atoms with van der Waals surface area (Å²) in [6.07, 6.45) is 7.27. The van der Waals surface area contributed by atoms with Crippen LogP contribution in [0.25, 0.3) is 0 Å². The molecule has 28 heteroatoms. The Morgan fingerprint density at radius 3 is 1.74 bits per heavy atom. The molecule has 0 radical (unpaired) electrons. The van der Waals surface area contributed by atoms with E-state index in [2.05, 4.69) is 16.0 Å². The molecule has 2 heterocycles. The molecule has 0 bridgehead atoms. The number of rotatable bonds is 12. The Labute approximate surface area is 596 Å². The molecule has 2 aliphatic heterocycles. The van der Waals surface area contributed by atoms with E-state index in [9.17, 15) is 46.7 Å². The van der Waals surface area contributed by atoms with Crippen molar-refractivity contribution >= 4 is 82.5 Å². The van der Waals surface area contributed by atoms with E-state index < -0.39 is 175 Å². The Morgan fingerprint density at radius 1 is 0.580 bits per heavy atom. The van der Waals surface area contributed by atoms with Gasteiger partial charge in [0.25, 0.3) is 0 Å². The third-order valence-corrected chi connectivity index (χ3v) is 23.1. The number of amides is 12. The lowest BCUT2D eigenvalue weighted by atomic mass is 9.78. The predicted molar refractivity (Wildman–Crippen MR) is 372 cm³/mol. The first-order valence-corrected chi connectivity index (χ1v) is 37.6. The molecule has 0 aromatic rings. The number of nitrogens with zero attached hydrogens (tertiary/aromatic N) is 9. The smallest absolute Gasteiger partial charge is 0.343 e. The van der Waals surface area contributed by atoms with Crippen LogP contribution < -0.4 is 16.0 Å². The lowest BCUT2D eigenvalue weighted by Crippen LogP contribution is -2.64. The molecule has 24 nitrogen and oxygen atoms in total. The minimum Gasteiger partial charge on any atom is -0.343 e. The summed E-state index contributed by atoms with van der Waals surface area (Å²) >= 11 is 6.39. The molecule has 3 unspecified atom stereocenters. The molecule has 6 rings (SSSR count). The Kier molecular flexibility index (Phi) is 31.2. The fourth-order valence-electron chi connectivity index (χ4n) is 16.0. The third kappa shape index (κ3) is 21.9. The average Bonchev–Trinajstić information content (AvgIpc) is 1.41. The molecule has 100 heavy (non-hydrogen) atoms. The van der Waals surface area contributed by atoms with E-state index in [1.807, 2.05) is 20.8 Å². The molecule has 1 spiro atoms. The molecule has 566 valence electrons. The molecule has 10 atom stereocenters. The minimum absolute atomic E-state index is 0.00566. The Bertz CT molecular complexity index is 2850. The van der Waals surface area contributed by atoms with Crippen LogP contribution >= 0.6 is 11.6 Å². The summed E-state index contributed by atoms with van der Waals surface area (Å²) in [5.41, 5.74) is -1.56. The zero-order valence-electron chi connectivity index (χ0n) is 61.8. The Morgan fingerprint density at radius 2 is 1.16 bits per heavy atom. The molecular formula is C72H118ClF3N12O12. The lowest BCUT2D eigenvalue weighted by molar-refractivity contribution is -0.182. The zero-order valence-corrected chi connectivity index (χ0v) is 62.5. The van der Waals surface area contributed by atoms with Crippen molar-refractivity contribution in [1.82, 2.24) is 60.0 Å². The van der Waals surface area contributed by atoms with Crippen LogP contribution in [0.1, 0.15) is 202 Å². The van der Waals surface area contributed by atoms with Crippen molar-refractivity contribution in [3.63, 3.8) is 0 Å². The molecular weight excluding hydrogens is 1320 g/mol. The molecule has 4 aliphatic carbocycles. The number of alkyl halides is 4. The van der Waals surface area contributed by atoms with Gasteiger partial charge >= 0.3 is 6.18 Å². The van der Waals surface area contributed by atoms with Crippen LogP contribution in [0.15, 0.2) is 0 Å². The molecule has 6 aliphatic rings. The molecule has 3 N–H and O–H groups in total. The summed E-state index contributed by atoms with van der Waals surface area (Å²) in [5, 5.41) is 7.49. The Balaban J connectivity index is 1.41. The summed E-state index contributed by atoms with van der Waals surface area (Å²) in [4.78, 5) is 190. The highest BCUT2D eigenvalue weighted by Gasteiger charge is 2.51. The number of carbonyl (C=O) groups is 12. The molecule has 0 aromatic heterocycles. The molecule has 4 saturated carbocycles. The second-order valence-corrected chi connectivity index (χ2v) is 31.0. The van der Waals surface area contributed by atoms with Gasteiger partial charge in [0, 0.05) is 74.3 Å². The highest BCUT2D eigenvalue weighted by atomic mass is 35.5. The summed E-state index contributed by atoms with van der Waals surface area (Å²) in [5.74, 6) is -10.7. The van der Waals surface area contributed by atoms with Crippen LogP contribution in [0.5, 0.6) is 0 Å². The second-order valence-electron chi connectivity index (χ2n) is 30.5. The fraction of sp³-hybridized carbons (Fsp3) is 0.833. The number of halogens is 4. The van der Waals surface area contributed by atoms with Crippen molar-refractivity contribution < 1.29 is 70.7 Å².